The van der Waals surface area contributed by atoms with E-state index in [0.29, 0.717) is 29.6 Å². The number of benzene rings is 1. The molecular weight excluding hydrogens is 282 g/mol. The zero-order chi connectivity index (χ0) is 13.2. The van der Waals surface area contributed by atoms with Crippen LogP contribution in [0.5, 0.6) is 11.6 Å². The monoisotopic (exact) mass is 293 g/mol. The number of hydrogen-bond donors (Lipinski definition) is 1. The summed E-state index contributed by atoms with van der Waals surface area (Å²) in [6, 6.07) is 7.35. The van der Waals surface area contributed by atoms with Crippen LogP contribution >= 0.6 is 22.9 Å². The fraction of sp³-hybridized carbons (Fsp3) is 0.154. The summed E-state index contributed by atoms with van der Waals surface area (Å²) < 4.78 is 7.83. The molecule has 2 heterocycles. The number of halogens is 1. The Labute approximate surface area is 119 Å². The van der Waals surface area contributed by atoms with Crippen molar-refractivity contribution in [3.8, 4) is 11.6 Å². The number of hydrogen-bond acceptors (Lipinski definition) is 4. The molecule has 6 heteroatoms. The van der Waals surface area contributed by atoms with Crippen LogP contribution in [0.4, 0.5) is 0 Å². The van der Waals surface area contributed by atoms with E-state index in [-0.39, 0.29) is 0 Å². The fourth-order valence-electron chi connectivity index (χ4n) is 1.89. The van der Waals surface area contributed by atoms with E-state index < -0.39 is 0 Å². The van der Waals surface area contributed by atoms with E-state index in [1.807, 2.05) is 34.2 Å². The molecule has 0 fully saturated rings. The number of thiazole rings is 1. The molecule has 0 aliphatic rings. The van der Waals surface area contributed by atoms with Gasteiger partial charge in [0.1, 0.15) is 5.75 Å². The van der Waals surface area contributed by atoms with E-state index in [0.717, 1.165) is 10.7 Å². The first-order chi connectivity index (χ1) is 9.29. The van der Waals surface area contributed by atoms with Crippen molar-refractivity contribution in [1.29, 1.82) is 0 Å². The number of para-hydroxylation sites is 1. The average molecular weight is 294 g/mol. The zero-order valence-corrected chi connectivity index (χ0v) is 11.6. The quantitative estimate of drug-likeness (QED) is 0.802. The average Bonchev–Trinajstić information content (AvgIpc) is 2.96. The maximum Gasteiger partial charge on any atom is 0.242 e. The van der Waals surface area contributed by atoms with E-state index in [2.05, 4.69) is 4.98 Å². The van der Waals surface area contributed by atoms with E-state index in [4.69, 9.17) is 22.1 Å². The van der Waals surface area contributed by atoms with E-state index in [1.165, 1.54) is 0 Å². The Balaban J connectivity index is 2.02. The Kier molecular flexibility index (Phi) is 3.42. The lowest BCUT2D eigenvalue weighted by Gasteiger charge is -2.06. The maximum atomic E-state index is 6.09. The van der Waals surface area contributed by atoms with Crippen LogP contribution in [0.3, 0.4) is 0 Å². The van der Waals surface area contributed by atoms with Crippen LogP contribution in [0.1, 0.15) is 5.69 Å². The number of nitrogens with two attached hydrogens (primary N) is 1. The zero-order valence-electron chi connectivity index (χ0n) is 10.0. The van der Waals surface area contributed by atoms with Crippen molar-refractivity contribution in [2.75, 3.05) is 6.54 Å². The van der Waals surface area contributed by atoms with Gasteiger partial charge < -0.3 is 10.5 Å². The number of nitrogens with zero attached hydrogens (tertiary/aromatic N) is 2. The first kappa shape index (κ1) is 12.5. The van der Waals surface area contributed by atoms with Crippen LogP contribution in [0, 0.1) is 0 Å². The van der Waals surface area contributed by atoms with Crippen molar-refractivity contribution in [3.63, 3.8) is 0 Å². The lowest BCUT2D eigenvalue weighted by Crippen LogP contribution is -2.05. The molecule has 0 unspecified atom stereocenters. The van der Waals surface area contributed by atoms with Gasteiger partial charge in [-0.1, -0.05) is 23.7 Å². The molecule has 98 valence electrons. The number of imidazole rings is 1. The van der Waals surface area contributed by atoms with Gasteiger partial charge in [-0.3, -0.25) is 4.40 Å². The van der Waals surface area contributed by atoms with Gasteiger partial charge in [0.25, 0.3) is 0 Å². The minimum atomic E-state index is 0.544. The Bertz CT molecular complexity index is 707. The summed E-state index contributed by atoms with van der Waals surface area (Å²) >= 11 is 7.66. The van der Waals surface area contributed by atoms with Crippen LogP contribution in [0.2, 0.25) is 5.02 Å². The summed E-state index contributed by atoms with van der Waals surface area (Å²) in [6.45, 7) is 0.544. The van der Waals surface area contributed by atoms with Gasteiger partial charge in [0, 0.05) is 18.0 Å². The molecule has 0 amide bonds. The SMILES string of the molecule is NCCc1c(Oc2ccccc2Cl)nc2sccn12. The minimum Gasteiger partial charge on any atom is -0.436 e. The molecule has 3 rings (SSSR count). The molecular formula is C13H12ClN3OS. The molecule has 2 aromatic heterocycles. The summed E-state index contributed by atoms with van der Waals surface area (Å²) in [5, 5.41) is 2.55. The van der Waals surface area contributed by atoms with Crippen LogP contribution in [-0.4, -0.2) is 15.9 Å². The van der Waals surface area contributed by atoms with E-state index in [1.54, 1.807) is 17.4 Å². The number of ether oxygens (including phenoxy) is 1. The third-order valence-corrected chi connectivity index (χ3v) is 3.82. The molecule has 4 nitrogen and oxygen atoms in total. The summed E-state index contributed by atoms with van der Waals surface area (Å²) in [5.74, 6) is 1.18. The van der Waals surface area contributed by atoms with Crippen LogP contribution in [-0.2, 0) is 6.42 Å². The predicted octanol–water partition coefficient (Wildman–Crippen LogP) is 3.34. The van der Waals surface area contributed by atoms with Gasteiger partial charge >= 0.3 is 0 Å². The molecule has 0 saturated heterocycles. The van der Waals surface area contributed by atoms with Crippen molar-refractivity contribution < 1.29 is 4.74 Å². The molecule has 2 N–H and O–H groups in total. The second kappa shape index (κ2) is 5.21. The van der Waals surface area contributed by atoms with Gasteiger partial charge in [0.2, 0.25) is 5.88 Å². The lowest BCUT2D eigenvalue weighted by molar-refractivity contribution is 0.459. The highest BCUT2D eigenvalue weighted by molar-refractivity contribution is 7.15. The molecule has 19 heavy (non-hydrogen) atoms. The van der Waals surface area contributed by atoms with Gasteiger partial charge in [0.05, 0.1) is 10.7 Å². The van der Waals surface area contributed by atoms with Gasteiger partial charge in [-0.15, -0.1) is 11.3 Å². The number of fused-ring (bicyclic) bond motifs is 1. The van der Waals surface area contributed by atoms with Crippen molar-refractivity contribution in [2.24, 2.45) is 5.73 Å². The molecule has 0 atom stereocenters. The molecule has 0 saturated carbocycles. The van der Waals surface area contributed by atoms with Gasteiger partial charge in [-0.2, -0.15) is 4.98 Å². The highest BCUT2D eigenvalue weighted by atomic mass is 35.5. The third kappa shape index (κ3) is 2.32. The Hall–Kier alpha value is -1.56. The van der Waals surface area contributed by atoms with Crippen LogP contribution < -0.4 is 10.5 Å². The summed E-state index contributed by atoms with van der Waals surface area (Å²) in [6.07, 6.45) is 2.68. The van der Waals surface area contributed by atoms with Crippen LogP contribution in [0.15, 0.2) is 35.8 Å². The molecule has 0 radical (unpaired) electrons. The Morgan fingerprint density at radius 1 is 1.37 bits per heavy atom. The van der Waals surface area contributed by atoms with Crippen LogP contribution in [0.25, 0.3) is 4.96 Å². The normalized spacial score (nSPS) is 11.1. The lowest BCUT2D eigenvalue weighted by atomic mass is 10.3. The van der Waals surface area contributed by atoms with Crippen molar-refractivity contribution in [1.82, 2.24) is 9.38 Å². The second-order valence-corrected chi connectivity index (χ2v) is 5.27. The summed E-state index contributed by atoms with van der Waals surface area (Å²) in [7, 11) is 0. The Morgan fingerprint density at radius 2 is 2.21 bits per heavy atom. The fourth-order valence-corrected chi connectivity index (χ4v) is 2.79. The highest BCUT2D eigenvalue weighted by Crippen LogP contribution is 2.32. The van der Waals surface area contributed by atoms with Crippen molar-refractivity contribution in [3.05, 3.63) is 46.6 Å². The predicted molar refractivity (Wildman–Crippen MR) is 77.4 cm³/mol. The minimum absolute atomic E-state index is 0.544. The van der Waals surface area contributed by atoms with E-state index in [9.17, 15) is 0 Å². The van der Waals surface area contributed by atoms with Crippen molar-refractivity contribution in [2.45, 2.75) is 6.42 Å². The third-order valence-electron chi connectivity index (χ3n) is 2.75. The van der Waals surface area contributed by atoms with Gasteiger partial charge in [-0.05, 0) is 18.7 Å². The molecule has 0 bridgehead atoms. The summed E-state index contributed by atoms with van der Waals surface area (Å²) in [5.41, 5.74) is 6.62. The topological polar surface area (TPSA) is 52.5 Å². The second-order valence-electron chi connectivity index (χ2n) is 3.99. The summed E-state index contributed by atoms with van der Waals surface area (Å²) in [4.78, 5) is 5.37. The molecule has 0 spiro atoms. The molecule has 3 aromatic rings. The van der Waals surface area contributed by atoms with Crippen molar-refractivity contribution >= 4 is 27.9 Å². The first-order valence-corrected chi connectivity index (χ1v) is 7.12. The van der Waals surface area contributed by atoms with Gasteiger partial charge in [-0.25, -0.2) is 0 Å². The number of aromatic nitrogens is 2. The molecule has 0 aliphatic carbocycles. The smallest absolute Gasteiger partial charge is 0.242 e. The largest absolute Gasteiger partial charge is 0.436 e. The highest BCUT2D eigenvalue weighted by Gasteiger charge is 2.15. The number of rotatable bonds is 4. The first-order valence-electron chi connectivity index (χ1n) is 5.86. The van der Waals surface area contributed by atoms with Gasteiger partial charge in [0.15, 0.2) is 4.96 Å². The molecule has 0 aliphatic heterocycles. The Morgan fingerprint density at radius 3 is 3.00 bits per heavy atom. The van der Waals surface area contributed by atoms with E-state index >= 15 is 0 Å². The molecule has 1 aromatic carbocycles. The maximum absolute atomic E-state index is 6.09. The standard InChI is InChI=1S/C13H12ClN3OS/c14-9-3-1-2-4-11(9)18-12-10(5-6-15)17-7-8-19-13(17)16-12/h1-4,7-8H,5-6,15H2.